The van der Waals surface area contributed by atoms with Gasteiger partial charge in [-0.2, -0.15) is 23.5 Å². The minimum absolute atomic E-state index is 0.0910. The number of aromatic nitrogens is 2. The number of fused-ring (bicyclic) bond motifs is 1. The van der Waals surface area contributed by atoms with E-state index in [0.29, 0.717) is 50.4 Å². The van der Waals surface area contributed by atoms with E-state index in [9.17, 15) is 23.1 Å². The third-order valence-electron chi connectivity index (χ3n) is 7.16. The van der Waals surface area contributed by atoms with Gasteiger partial charge >= 0.3 is 6.18 Å². The van der Waals surface area contributed by atoms with Crippen LogP contribution in [0.3, 0.4) is 0 Å². The van der Waals surface area contributed by atoms with Crippen LogP contribution in [-0.2, 0) is 12.7 Å². The number of aliphatic hydroxyl groups is 1. The van der Waals surface area contributed by atoms with E-state index in [-0.39, 0.29) is 18.4 Å². The van der Waals surface area contributed by atoms with Crippen molar-refractivity contribution in [3.05, 3.63) is 46.8 Å². The first-order valence-corrected chi connectivity index (χ1v) is 10.9. The number of benzene rings is 1. The van der Waals surface area contributed by atoms with Crippen LogP contribution < -0.4 is 4.90 Å². The zero-order valence-corrected chi connectivity index (χ0v) is 18.6. The number of aliphatic hydroxyl groups excluding tert-OH is 1. The van der Waals surface area contributed by atoms with Crippen LogP contribution in [0.1, 0.15) is 40.5 Å². The molecule has 1 aromatic heterocycles. The number of nitriles is 1. The van der Waals surface area contributed by atoms with E-state index < -0.39 is 22.7 Å². The Hall–Kier alpha value is -3.06. The first-order valence-electron chi connectivity index (χ1n) is 10.9. The van der Waals surface area contributed by atoms with Gasteiger partial charge in [-0.1, -0.05) is 0 Å². The maximum Gasteiger partial charge on any atom is 0.417 e. The van der Waals surface area contributed by atoms with Crippen LogP contribution in [0.2, 0.25) is 0 Å². The van der Waals surface area contributed by atoms with Gasteiger partial charge in [0.1, 0.15) is 0 Å². The van der Waals surface area contributed by atoms with Crippen LogP contribution in [-0.4, -0.2) is 58.5 Å². The number of hydrogen-bond acceptors (Lipinski definition) is 5. The predicted octanol–water partition coefficient (Wildman–Crippen LogP) is 3.06. The standard InChI is InChI=1S/C23H26F3N5O2/c1-3-31-15(2)19(10-28-31)21(33)29-7-6-22(14-32)13-30(12-17(22)11-29)18-5-4-16(9-27)20(8-18)23(24,25)26/h4-5,8,10,17,32H,3,6-7,11-14H2,1-2H3/t17-,22+/m1/s1. The Morgan fingerprint density at radius 3 is 2.73 bits per heavy atom. The summed E-state index contributed by atoms with van der Waals surface area (Å²) in [6.07, 6.45) is -2.50. The second kappa shape index (κ2) is 8.37. The monoisotopic (exact) mass is 461 g/mol. The molecule has 0 aliphatic carbocycles. The van der Waals surface area contributed by atoms with Crippen molar-refractivity contribution in [3.63, 3.8) is 0 Å². The molecule has 3 heterocycles. The van der Waals surface area contributed by atoms with Crippen LogP contribution in [0.5, 0.6) is 0 Å². The number of piperidine rings is 1. The van der Waals surface area contributed by atoms with Gasteiger partial charge in [0.05, 0.1) is 35.6 Å². The predicted molar refractivity (Wildman–Crippen MR) is 115 cm³/mol. The number of anilines is 1. The van der Waals surface area contributed by atoms with Gasteiger partial charge in [-0.15, -0.1) is 0 Å². The second-order valence-corrected chi connectivity index (χ2v) is 8.90. The van der Waals surface area contributed by atoms with Gasteiger partial charge in [0.15, 0.2) is 0 Å². The van der Waals surface area contributed by atoms with Gasteiger partial charge in [-0.3, -0.25) is 9.48 Å². The summed E-state index contributed by atoms with van der Waals surface area (Å²) < 4.78 is 42.1. The Morgan fingerprint density at radius 2 is 2.12 bits per heavy atom. The van der Waals surface area contributed by atoms with E-state index in [2.05, 4.69) is 5.10 Å². The molecule has 7 nitrogen and oxygen atoms in total. The fourth-order valence-corrected chi connectivity index (χ4v) is 5.13. The fourth-order valence-electron chi connectivity index (χ4n) is 5.13. The summed E-state index contributed by atoms with van der Waals surface area (Å²) in [4.78, 5) is 16.7. The molecule has 2 aliphatic rings. The molecule has 0 spiro atoms. The summed E-state index contributed by atoms with van der Waals surface area (Å²) in [7, 11) is 0. The number of hydrogen-bond donors (Lipinski definition) is 1. The van der Waals surface area contributed by atoms with Crippen LogP contribution >= 0.6 is 0 Å². The Labute approximate surface area is 190 Å². The summed E-state index contributed by atoms with van der Waals surface area (Å²) >= 11 is 0. The summed E-state index contributed by atoms with van der Waals surface area (Å²) in [6, 6.07) is 5.32. The number of carbonyl (C=O) groups excluding carboxylic acids is 1. The Balaban J connectivity index is 1.57. The zero-order valence-electron chi connectivity index (χ0n) is 18.6. The fraction of sp³-hybridized carbons (Fsp3) is 0.522. The highest BCUT2D eigenvalue weighted by Crippen LogP contribution is 2.45. The number of halogens is 3. The minimum Gasteiger partial charge on any atom is -0.396 e. The number of rotatable bonds is 4. The van der Waals surface area contributed by atoms with Crippen LogP contribution in [0, 0.1) is 29.6 Å². The molecular weight excluding hydrogens is 435 g/mol. The number of carbonyl (C=O) groups is 1. The van der Waals surface area contributed by atoms with Gasteiger partial charge in [-0.05, 0) is 38.5 Å². The lowest BCUT2D eigenvalue weighted by Crippen LogP contribution is -2.50. The molecular formula is C23H26F3N5O2. The normalized spacial score (nSPS) is 22.9. The van der Waals surface area contributed by atoms with E-state index in [1.54, 1.807) is 21.8 Å². The van der Waals surface area contributed by atoms with Gasteiger partial charge in [-0.25, -0.2) is 0 Å². The minimum atomic E-state index is -4.63. The Kier molecular flexibility index (Phi) is 5.86. The summed E-state index contributed by atoms with van der Waals surface area (Å²) in [5.41, 5.74) is -0.167. The molecule has 0 saturated carbocycles. The van der Waals surface area contributed by atoms with Crippen molar-refractivity contribution < 1.29 is 23.1 Å². The third kappa shape index (κ3) is 3.95. The molecule has 0 unspecified atom stereocenters. The Morgan fingerprint density at radius 1 is 1.36 bits per heavy atom. The summed E-state index contributed by atoms with van der Waals surface area (Å²) in [5.74, 6) is -0.207. The van der Waals surface area contributed by atoms with Crippen LogP contribution in [0.15, 0.2) is 24.4 Å². The Bertz CT molecular complexity index is 1110. The first-order chi connectivity index (χ1) is 15.6. The number of nitrogens with zero attached hydrogens (tertiary/aromatic N) is 5. The lowest BCUT2D eigenvalue weighted by atomic mass is 9.73. The molecule has 1 amide bonds. The summed E-state index contributed by atoms with van der Waals surface area (Å²) in [6.45, 7) is 6.04. The largest absolute Gasteiger partial charge is 0.417 e. The lowest BCUT2D eigenvalue weighted by Gasteiger charge is -2.42. The van der Waals surface area contributed by atoms with Crippen molar-refractivity contribution in [2.24, 2.45) is 11.3 Å². The van der Waals surface area contributed by atoms with E-state index >= 15 is 0 Å². The van der Waals surface area contributed by atoms with Crippen molar-refractivity contribution in [2.75, 3.05) is 37.7 Å². The molecule has 2 aromatic rings. The number of alkyl halides is 3. The van der Waals surface area contributed by atoms with Crippen LogP contribution in [0.25, 0.3) is 0 Å². The van der Waals surface area contributed by atoms with Crippen molar-refractivity contribution >= 4 is 11.6 Å². The first kappa shape index (κ1) is 23.1. The van der Waals surface area contributed by atoms with Gasteiger partial charge in [0.2, 0.25) is 0 Å². The van der Waals surface area contributed by atoms with E-state index in [4.69, 9.17) is 5.26 Å². The number of amides is 1. The molecule has 1 aromatic carbocycles. The SMILES string of the molecule is CCn1ncc(C(=O)N2CC[C@@]3(CO)CN(c4ccc(C#N)c(C(F)(F)F)c4)C[C@H]3C2)c1C. The molecule has 10 heteroatoms. The quantitative estimate of drug-likeness (QED) is 0.757. The van der Waals surface area contributed by atoms with E-state index in [0.717, 1.165) is 11.8 Å². The van der Waals surface area contributed by atoms with Crippen molar-refractivity contribution in [1.82, 2.24) is 14.7 Å². The highest BCUT2D eigenvalue weighted by atomic mass is 19.4. The van der Waals surface area contributed by atoms with E-state index in [1.807, 2.05) is 18.7 Å². The van der Waals surface area contributed by atoms with Gasteiger partial charge in [0.25, 0.3) is 5.91 Å². The number of aryl methyl sites for hydroxylation is 1. The van der Waals surface area contributed by atoms with Crippen molar-refractivity contribution in [1.29, 1.82) is 5.26 Å². The lowest BCUT2D eigenvalue weighted by molar-refractivity contribution is -0.137. The van der Waals surface area contributed by atoms with E-state index in [1.165, 1.54) is 12.1 Å². The van der Waals surface area contributed by atoms with Crippen LogP contribution in [0.4, 0.5) is 18.9 Å². The van der Waals surface area contributed by atoms with Crippen molar-refractivity contribution in [2.45, 2.75) is 33.0 Å². The van der Waals surface area contributed by atoms with Gasteiger partial charge in [0, 0.05) is 55.4 Å². The average Bonchev–Trinajstić information content (AvgIpc) is 3.37. The molecule has 2 aliphatic heterocycles. The molecule has 0 bridgehead atoms. The molecule has 33 heavy (non-hydrogen) atoms. The molecule has 1 N–H and O–H groups in total. The highest BCUT2D eigenvalue weighted by Gasteiger charge is 2.50. The molecule has 176 valence electrons. The second-order valence-electron chi connectivity index (χ2n) is 8.90. The maximum absolute atomic E-state index is 13.4. The van der Waals surface area contributed by atoms with Crippen molar-refractivity contribution in [3.8, 4) is 6.07 Å². The third-order valence-corrected chi connectivity index (χ3v) is 7.16. The number of likely N-dealkylation sites (tertiary alicyclic amines) is 1. The topological polar surface area (TPSA) is 85.4 Å². The highest BCUT2D eigenvalue weighted by molar-refractivity contribution is 5.95. The molecule has 2 saturated heterocycles. The average molecular weight is 461 g/mol. The molecule has 0 radical (unpaired) electrons. The van der Waals surface area contributed by atoms with Gasteiger partial charge < -0.3 is 14.9 Å². The maximum atomic E-state index is 13.4. The summed E-state index contributed by atoms with van der Waals surface area (Å²) in [5, 5.41) is 23.5. The molecule has 2 fully saturated rings. The molecule has 4 rings (SSSR count). The smallest absolute Gasteiger partial charge is 0.396 e. The molecule has 2 atom stereocenters. The zero-order chi connectivity index (χ0) is 24.0.